The number of halogens is 1. The van der Waals surface area contributed by atoms with E-state index in [0.717, 1.165) is 52.8 Å². The molecule has 0 aliphatic rings. The molecule has 4 rings (SSSR count). The number of imidazole rings is 1. The predicted octanol–water partition coefficient (Wildman–Crippen LogP) is 7.30. The van der Waals surface area contributed by atoms with Crippen LogP contribution in [-0.2, 0) is 6.54 Å². The molecule has 0 atom stereocenters. The Labute approximate surface area is 217 Å². The highest BCUT2D eigenvalue weighted by Gasteiger charge is 2.19. The zero-order valence-electron chi connectivity index (χ0n) is 21.1. The smallest absolute Gasteiger partial charge is 0.251 e. The summed E-state index contributed by atoms with van der Waals surface area (Å²) in [6.45, 7) is 7.74. The second kappa shape index (κ2) is 12.0. The molecule has 4 aromatic rings. The van der Waals surface area contributed by atoms with Crippen molar-refractivity contribution in [1.29, 1.82) is 0 Å². The molecular formula is C30H32FN3OS. The third kappa shape index (κ3) is 6.24. The van der Waals surface area contributed by atoms with Gasteiger partial charge in [-0.2, -0.15) is 0 Å². The van der Waals surface area contributed by atoms with Crippen molar-refractivity contribution in [3.8, 4) is 22.5 Å². The van der Waals surface area contributed by atoms with E-state index in [4.69, 9.17) is 4.98 Å². The van der Waals surface area contributed by atoms with Crippen LogP contribution < -0.4 is 5.32 Å². The molecule has 186 valence electrons. The van der Waals surface area contributed by atoms with Crippen molar-refractivity contribution in [1.82, 2.24) is 14.9 Å². The lowest BCUT2D eigenvalue weighted by Gasteiger charge is -2.11. The van der Waals surface area contributed by atoms with Crippen LogP contribution in [0.5, 0.6) is 0 Å². The third-order valence-electron chi connectivity index (χ3n) is 6.07. The van der Waals surface area contributed by atoms with E-state index in [0.29, 0.717) is 12.1 Å². The van der Waals surface area contributed by atoms with Crippen LogP contribution in [0.25, 0.3) is 22.5 Å². The fourth-order valence-electron chi connectivity index (χ4n) is 4.08. The highest BCUT2D eigenvalue weighted by atomic mass is 32.2. The van der Waals surface area contributed by atoms with E-state index < -0.39 is 5.82 Å². The SMILES string of the molecule is CCn1c(SCCCCNC(=O)c2cccc(F)c2)nc(-c2ccc(C)cc2)c1-c1ccc(C)cc1. The number of aryl methyl sites for hydroxylation is 2. The van der Waals surface area contributed by atoms with E-state index in [9.17, 15) is 9.18 Å². The Hall–Kier alpha value is -3.38. The van der Waals surface area contributed by atoms with E-state index in [2.05, 4.69) is 79.2 Å². The number of hydrogen-bond donors (Lipinski definition) is 1. The highest BCUT2D eigenvalue weighted by Crippen LogP contribution is 2.36. The molecule has 0 radical (unpaired) electrons. The molecule has 0 aliphatic heterocycles. The molecule has 3 aromatic carbocycles. The number of nitrogens with one attached hydrogen (secondary N) is 1. The molecule has 1 N–H and O–H groups in total. The summed E-state index contributed by atoms with van der Waals surface area (Å²) in [5.41, 5.74) is 7.24. The van der Waals surface area contributed by atoms with E-state index >= 15 is 0 Å². The Kier molecular flexibility index (Phi) is 8.60. The van der Waals surface area contributed by atoms with Gasteiger partial charge in [-0.25, -0.2) is 9.37 Å². The fourth-order valence-corrected chi connectivity index (χ4v) is 5.14. The minimum absolute atomic E-state index is 0.242. The van der Waals surface area contributed by atoms with Crippen LogP contribution in [0.2, 0.25) is 0 Å². The predicted molar refractivity (Wildman–Crippen MR) is 147 cm³/mol. The summed E-state index contributed by atoms with van der Waals surface area (Å²) < 4.78 is 15.6. The van der Waals surface area contributed by atoms with Gasteiger partial charge in [-0.3, -0.25) is 4.79 Å². The van der Waals surface area contributed by atoms with Crippen LogP contribution in [0.3, 0.4) is 0 Å². The van der Waals surface area contributed by atoms with Crippen LogP contribution >= 0.6 is 11.8 Å². The van der Waals surface area contributed by atoms with Gasteiger partial charge in [0.2, 0.25) is 0 Å². The number of nitrogens with zero attached hydrogens (tertiary/aromatic N) is 2. The molecule has 36 heavy (non-hydrogen) atoms. The number of benzene rings is 3. The van der Waals surface area contributed by atoms with Crippen LogP contribution in [0.15, 0.2) is 78.0 Å². The zero-order valence-corrected chi connectivity index (χ0v) is 21.9. The fraction of sp³-hybridized carbons (Fsp3) is 0.267. The van der Waals surface area contributed by atoms with Gasteiger partial charge in [0.15, 0.2) is 5.16 Å². The molecule has 0 spiro atoms. The third-order valence-corrected chi connectivity index (χ3v) is 7.14. The molecule has 0 saturated heterocycles. The number of carbonyl (C=O) groups is 1. The molecular weight excluding hydrogens is 469 g/mol. The lowest BCUT2D eigenvalue weighted by Crippen LogP contribution is -2.24. The van der Waals surface area contributed by atoms with Crippen molar-refractivity contribution in [3.05, 3.63) is 95.3 Å². The summed E-state index contributed by atoms with van der Waals surface area (Å²) in [7, 11) is 0. The number of carbonyl (C=O) groups excluding carboxylic acids is 1. The van der Waals surface area contributed by atoms with Gasteiger partial charge in [0, 0.05) is 35.5 Å². The van der Waals surface area contributed by atoms with Crippen molar-refractivity contribution in [3.63, 3.8) is 0 Å². The number of amides is 1. The lowest BCUT2D eigenvalue weighted by atomic mass is 10.0. The first-order valence-corrected chi connectivity index (χ1v) is 13.4. The van der Waals surface area contributed by atoms with E-state index in [1.165, 1.54) is 23.3 Å². The van der Waals surface area contributed by atoms with E-state index in [1.54, 1.807) is 23.9 Å². The molecule has 6 heteroatoms. The first-order chi connectivity index (χ1) is 17.5. The maximum atomic E-state index is 13.3. The molecule has 4 nitrogen and oxygen atoms in total. The Bertz CT molecular complexity index is 1310. The van der Waals surface area contributed by atoms with Gasteiger partial charge in [-0.05, 0) is 51.8 Å². The number of unbranched alkanes of at least 4 members (excludes halogenated alkanes) is 1. The van der Waals surface area contributed by atoms with E-state index in [-0.39, 0.29) is 5.91 Å². The van der Waals surface area contributed by atoms with Crippen molar-refractivity contribution in [2.45, 2.75) is 45.3 Å². The molecule has 0 aliphatic carbocycles. The van der Waals surface area contributed by atoms with Crippen LogP contribution in [0, 0.1) is 19.7 Å². The van der Waals surface area contributed by atoms with Gasteiger partial charge in [-0.1, -0.05) is 77.5 Å². The minimum Gasteiger partial charge on any atom is -0.352 e. The maximum absolute atomic E-state index is 13.3. The van der Waals surface area contributed by atoms with Crippen molar-refractivity contribution < 1.29 is 9.18 Å². The number of rotatable bonds is 10. The Morgan fingerprint density at radius 3 is 2.25 bits per heavy atom. The highest BCUT2D eigenvalue weighted by molar-refractivity contribution is 7.99. The zero-order chi connectivity index (χ0) is 25.5. The Morgan fingerprint density at radius 1 is 0.944 bits per heavy atom. The lowest BCUT2D eigenvalue weighted by molar-refractivity contribution is 0.0952. The van der Waals surface area contributed by atoms with Gasteiger partial charge in [0.1, 0.15) is 5.82 Å². The molecule has 0 fully saturated rings. The van der Waals surface area contributed by atoms with Gasteiger partial charge < -0.3 is 9.88 Å². The Balaban J connectivity index is 1.44. The molecule has 0 bridgehead atoms. The molecule has 0 saturated carbocycles. The summed E-state index contributed by atoms with van der Waals surface area (Å²) >= 11 is 1.75. The molecule has 1 heterocycles. The normalized spacial score (nSPS) is 11.0. The standard InChI is InChI=1S/C30H32FN3OS/c1-4-34-28(24-16-12-22(3)13-17-24)27(23-14-10-21(2)11-15-23)33-30(34)36-19-6-5-18-32-29(35)25-8-7-9-26(31)20-25/h7-17,20H,4-6,18-19H2,1-3H3,(H,32,35). The second-order valence-corrected chi connectivity index (χ2v) is 9.95. The summed E-state index contributed by atoms with van der Waals surface area (Å²) in [5.74, 6) is 0.253. The average Bonchev–Trinajstić information content (AvgIpc) is 3.25. The molecule has 0 unspecified atom stereocenters. The number of hydrogen-bond acceptors (Lipinski definition) is 3. The quantitative estimate of drug-likeness (QED) is 0.183. The summed E-state index contributed by atoms with van der Waals surface area (Å²) in [4.78, 5) is 17.3. The first kappa shape index (κ1) is 25.7. The van der Waals surface area contributed by atoms with Crippen LogP contribution in [0.4, 0.5) is 4.39 Å². The monoisotopic (exact) mass is 501 g/mol. The van der Waals surface area contributed by atoms with Crippen LogP contribution in [0.1, 0.15) is 41.3 Å². The van der Waals surface area contributed by atoms with Gasteiger partial charge >= 0.3 is 0 Å². The van der Waals surface area contributed by atoms with Crippen molar-refractivity contribution in [2.75, 3.05) is 12.3 Å². The largest absolute Gasteiger partial charge is 0.352 e. The summed E-state index contributed by atoms with van der Waals surface area (Å²) in [6, 6.07) is 22.9. The van der Waals surface area contributed by atoms with Crippen LogP contribution in [-0.4, -0.2) is 27.8 Å². The molecule has 1 amide bonds. The minimum atomic E-state index is -0.402. The molecule has 1 aromatic heterocycles. The number of thioether (sulfide) groups is 1. The van der Waals surface area contributed by atoms with Gasteiger partial charge in [-0.15, -0.1) is 0 Å². The van der Waals surface area contributed by atoms with E-state index in [1.807, 2.05) is 0 Å². The maximum Gasteiger partial charge on any atom is 0.251 e. The summed E-state index contributed by atoms with van der Waals surface area (Å²) in [6.07, 6.45) is 1.78. The van der Waals surface area contributed by atoms with Gasteiger partial charge in [0.25, 0.3) is 5.91 Å². The van der Waals surface area contributed by atoms with Gasteiger partial charge in [0.05, 0.1) is 11.4 Å². The van der Waals surface area contributed by atoms with Crippen molar-refractivity contribution in [2.24, 2.45) is 0 Å². The average molecular weight is 502 g/mol. The number of aromatic nitrogens is 2. The first-order valence-electron chi connectivity index (χ1n) is 12.4. The van der Waals surface area contributed by atoms with Crippen molar-refractivity contribution >= 4 is 17.7 Å². The second-order valence-electron chi connectivity index (χ2n) is 8.89. The Morgan fingerprint density at radius 2 is 1.61 bits per heavy atom. The topological polar surface area (TPSA) is 46.9 Å². The summed E-state index contributed by atoms with van der Waals surface area (Å²) in [5, 5.41) is 3.88.